The summed E-state index contributed by atoms with van der Waals surface area (Å²) in [5, 5.41) is 0.981. The summed E-state index contributed by atoms with van der Waals surface area (Å²) >= 11 is 6.94. The van der Waals surface area contributed by atoms with Gasteiger partial charge in [0.1, 0.15) is 0 Å². The molecule has 4 amide bonds. The molecule has 0 bridgehead atoms. The number of alkyl halides is 2. The summed E-state index contributed by atoms with van der Waals surface area (Å²) in [6.07, 6.45) is 1.19. The first-order valence-corrected chi connectivity index (χ1v) is 12.3. The van der Waals surface area contributed by atoms with Crippen molar-refractivity contribution in [1.82, 2.24) is 0 Å². The van der Waals surface area contributed by atoms with Crippen molar-refractivity contribution in [1.29, 1.82) is 0 Å². The maximum absolute atomic E-state index is 12.5. The predicted octanol–water partition coefficient (Wildman–Crippen LogP) is 4.37. The van der Waals surface area contributed by atoms with Crippen molar-refractivity contribution in [2.75, 3.05) is 9.80 Å². The van der Waals surface area contributed by atoms with E-state index >= 15 is 0 Å². The van der Waals surface area contributed by atoms with Crippen LogP contribution in [-0.2, 0) is 36.3 Å². The molecular formula is C23H20Br2N2O4. The first-order chi connectivity index (χ1) is 15.0. The minimum atomic E-state index is -0.209. The topological polar surface area (TPSA) is 74.8 Å². The number of para-hydroxylation sites is 2. The number of carbonyl (C=O) groups excluding carboxylic acids is 4. The monoisotopic (exact) mass is 546 g/mol. The zero-order valence-electron chi connectivity index (χ0n) is 16.7. The van der Waals surface area contributed by atoms with Gasteiger partial charge in [-0.25, -0.2) is 9.80 Å². The Morgan fingerprint density at radius 2 is 0.903 bits per heavy atom. The number of carbonyl (C=O) groups is 4. The Bertz CT molecular complexity index is 981. The highest BCUT2D eigenvalue weighted by Crippen LogP contribution is 2.37. The molecular weight excluding hydrogens is 528 g/mol. The number of benzene rings is 2. The molecule has 2 heterocycles. The highest BCUT2D eigenvalue weighted by molar-refractivity contribution is 9.08. The van der Waals surface area contributed by atoms with E-state index in [4.69, 9.17) is 0 Å². The van der Waals surface area contributed by atoms with E-state index in [-0.39, 0.29) is 49.3 Å². The standard InChI is InChI=1S/C23H20Br2N2O4/c24-12-16-5-1-3-14(22(16)26-18(28)7-8-19(26)29)11-15-4-2-6-17(13-25)23(15)27-20(30)9-10-21(27)31/h1-6H,7-13H2. The van der Waals surface area contributed by atoms with Crippen molar-refractivity contribution in [2.45, 2.75) is 42.8 Å². The molecule has 2 aliphatic rings. The van der Waals surface area contributed by atoms with Gasteiger partial charge in [0.15, 0.2) is 0 Å². The van der Waals surface area contributed by atoms with Gasteiger partial charge in [0.05, 0.1) is 11.4 Å². The smallest absolute Gasteiger partial charge is 0.234 e. The van der Waals surface area contributed by atoms with Gasteiger partial charge in [0, 0.05) is 42.8 Å². The van der Waals surface area contributed by atoms with Gasteiger partial charge in [-0.1, -0.05) is 68.3 Å². The molecule has 6 nitrogen and oxygen atoms in total. The highest BCUT2D eigenvalue weighted by atomic mass is 79.9. The molecule has 2 aromatic rings. The molecule has 0 aliphatic carbocycles. The molecule has 0 radical (unpaired) electrons. The molecule has 160 valence electrons. The Hall–Kier alpha value is -2.32. The van der Waals surface area contributed by atoms with Crippen LogP contribution in [-0.4, -0.2) is 23.6 Å². The van der Waals surface area contributed by atoms with Crippen LogP contribution in [0.15, 0.2) is 36.4 Å². The second-order valence-corrected chi connectivity index (χ2v) is 8.66. The van der Waals surface area contributed by atoms with Crippen molar-refractivity contribution in [2.24, 2.45) is 0 Å². The van der Waals surface area contributed by atoms with Gasteiger partial charge >= 0.3 is 0 Å². The van der Waals surface area contributed by atoms with Crippen LogP contribution >= 0.6 is 31.9 Å². The molecule has 31 heavy (non-hydrogen) atoms. The minimum absolute atomic E-state index is 0.204. The quantitative estimate of drug-likeness (QED) is 0.397. The van der Waals surface area contributed by atoms with Gasteiger partial charge < -0.3 is 0 Å². The Balaban J connectivity index is 1.84. The van der Waals surface area contributed by atoms with Gasteiger partial charge in [-0.2, -0.15) is 0 Å². The van der Waals surface area contributed by atoms with E-state index in [0.29, 0.717) is 28.5 Å². The molecule has 0 aromatic heterocycles. The van der Waals surface area contributed by atoms with Gasteiger partial charge in [-0.15, -0.1) is 0 Å². The van der Waals surface area contributed by atoms with Crippen LogP contribution in [0, 0.1) is 0 Å². The fourth-order valence-electron chi connectivity index (χ4n) is 4.22. The first kappa shape index (κ1) is 21.9. The highest BCUT2D eigenvalue weighted by Gasteiger charge is 2.35. The summed E-state index contributed by atoms with van der Waals surface area (Å²) in [6.45, 7) is 0. The number of amides is 4. The number of hydrogen-bond donors (Lipinski definition) is 0. The lowest BCUT2D eigenvalue weighted by Crippen LogP contribution is -2.31. The zero-order chi connectivity index (χ0) is 22.1. The van der Waals surface area contributed by atoms with Crippen LogP contribution in [0.5, 0.6) is 0 Å². The number of rotatable bonds is 6. The van der Waals surface area contributed by atoms with Crippen LogP contribution in [0.25, 0.3) is 0 Å². The van der Waals surface area contributed by atoms with Crippen LogP contribution < -0.4 is 9.80 Å². The predicted molar refractivity (Wildman–Crippen MR) is 124 cm³/mol. The molecule has 2 fully saturated rings. The number of nitrogens with zero attached hydrogens (tertiary/aromatic N) is 2. The summed E-state index contributed by atoms with van der Waals surface area (Å²) < 4.78 is 0. The van der Waals surface area contributed by atoms with Gasteiger partial charge in [0.25, 0.3) is 0 Å². The molecule has 0 atom stereocenters. The Kier molecular flexibility index (Phi) is 6.39. The number of anilines is 2. The molecule has 8 heteroatoms. The summed E-state index contributed by atoms with van der Waals surface area (Å²) in [5.41, 5.74) is 4.47. The lowest BCUT2D eigenvalue weighted by Gasteiger charge is -2.24. The van der Waals surface area contributed by atoms with Crippen molar-refractivity contribution < 1.29 is 19.2 Å². The van der Waals surface area contributed by atoms with Crippen molar-refractivity contribution in [3.05, 3.63) is 58.7 Å². The average molecular weight is 548 g/mol. The van der Waals surface area contributed by atoms with Crippen LogP contribution in [0.4, 0.5) is 11.4 Å². The normalized spacial score (nSPS) is 16.7. The third kappa shape index (κ3) is 3.99. The summed E-state index contributed by atoms with van der Waals surface area (Å²) in [6, 6.07) is 11.3. The van der Waals surface area contributed by atoms with E-state index in [1.54, 1.807) is 0 Å². The minimum Gasteiger partial charge on any atom is -0.274 e. The number of halogens is 2. The average Bonchev–Trinajstić information content (AvgIpc) is 3.28. The number of imide groups is 2. The summed E-state index contributed by atoms with van der Waals surface area (Å²) in [5.74, 6) is -0.837. The lowest BCUT2D eigenvalue weighted by molar-refractivity contribution is -0.122. The molecule has 0 spiro atoms. The van der Waals surface area contributed by atoms with E-state index in [2.05, 4.69) is 31.9 Å². The molecule has 2 aromatic carbocycles. The Morgan fingerprint density at radius 1 is 0.581 bits per heavy atom. The lowest BCUT2D eigenvalue weighted by atomic mass is 9.96. The fourth-order valence-corrected chi connectivity index (χ4v) is 5.13. The molecule has 0 saturated carbocycles. The van der Waals surface area contributed by atoms with Gasteiger partial charge in [-0.3, -0.25) is 19.2 Å². The van der Waals surface area contributed by atoms with Gasteiger partial charge in [-0.05, 0) is 22.3 Å². The van der Waals surface area contributed by atoms with Crippen LogP contribution in [0.1, 0.15) is 47.9 Å². The van der Waals surface area contributed by atoms with Crippen LogP contribution in [0.3, 0.4) is 0 Å². The first-order valence-electron chi connectivity index (χ1n) is 10.0. The molecule has 2 saturated heterocycles. The van der Waals surface area contributed by atoms with Crippen LogP contribution in [0.2, 0.25) is 0 Å². The Labute approximate surface area is 196 Å². The second kappa shape index (κ2) is 9.04. The third-order valence-electron chi connectivity index (χ3n) is 5.63. The largest absolute Gasteiger partial charge is 0.274 e. The van der Waals surface area contributed by atoms with E-state index < -0.39 is 0 Å². The third-order valence-corrected chi connectivity index (χ3v) is 6.83. The maximum atomic E-state index is 12.5. The van der Waals surface area contributed by atoms with E-state index in [1.807, 2.05) is 36.4 Å². The number of hydrogen-bond acceptors (Lipinski definition) is 4. The van der Waals surface area contributed by atoms with Gasteiger partial charge in [0.2, 0.25) is 23.6 Å². The Morgan fingerprint density at radius 3 is 1.23 bits per heavy atom. The van der Waals surface area contributed by atoms with Crippen molar-refractivity contribution in [3.8, 4) is 0 Å². The molecule has 4 rings (SSSR count). The zero-order valence-corrected chi connectivity index (χ0v) is 19.9. The van der Waals surface area contributed by atoms with E-state index in [0.717, 1.165) is 22.3 Å². The summed E-state index contributed by atoms with van der Waals surface area (Å²) in [4.78, 5) is 52.6. The molecule has 0 N–H and O–H groups in total. The van der Waals surface area contributed by atoms with E-state index in [1.165, 1.54) is 9.80 Å². The summed E-state index contributed by atoms with van der Waals surface area (Å²) in [7, 11) is 0. The van der Waals surface area contributed by atoms with Crippen molar-refractivity contribution >= 4 is 66.9 Å². The second-order valence-electron chi connectivity index (χ2n) is 7.54. The maximum Gasteiger partial charge on any atom is 0.234 e. The SMILES string of the molecule is O=C1CCC(=O)N1c1c(CBr)cccc1Cc1cccc(CBr)c1N1C(=O)CCC1=O. The molecule has 2 aliphatic heterocycles. The fraction of sp³-hybridized carbons (Fsp3) is 0.304. The van der Waals surface area contributed by atoms with E-state index in [9.17, 15) is 19.2 Å². The van der Waals surface area contributed by atoms with Crippen molar-refractivity contribution in [3.63, 3.8) is 0 Å². The molecule has 0 unspecified atom stereocenters.